The molecule has 0 saturated carbocycles. The lowest BCUT2D eigenvalue weighted by atomic mass is 10.4. The van der Waals surface area contributed by atoms with Crippen molar-refractivity contribution in [2.75, 3.05) is 0 Å². The average Bonchev–Trinajstić information content (AvgIpc) is 2.32. The quantitative estimate of drug-likeness (QED) is 0.749. The summed E-state index contributed by atoms with van der Waals surface area (Å²) in [6.07, 6.45) is 0. The monoisotopic (exact) mass is 212 g/mol. The molecule has 3 nitrogen and oxygen atoms in total. The van der Waals surface area contributed by atoms with Crippen molar-refractivity contribution in [2.24, 2.45) is 0 Å². The second kappa shape index (κ2) is 3.10. The number of thiophene rings is 1. The summed E-state index contributed by atoms with van der Waals surface area (Å²) in [7, 11) is 1.42. The third kappa shape index (κ3) is 2.16. The van der Waals surface area contributed by atoms with E-state index in [4.69, 9.17) is 15.8 Å². The van der Waals surface area contributed by atoms with Gasteiger partial charge < -0.3 is 5.11 Å². The van der Waals surface area contributed by atoms with Crippen molar-refractivity contribution in [3.05, 3.63) is 17.0 Å². The van der Waals surface area contributed by atoms with Crippen LogP contribution >= 0.6 is 22.0 Å². The zero-order valence-electron chi connectivity index (χ0n) is 5.32. The molecular formula is C5H5ClO3S2. The standard InChI is InChI=1S/C5H5ClO3S2/c6-11(8,9)5-1-4(2-7)3-10-5/h1,3,7H,2H2. The molecule has 11 heavy (non-hydrogen) atoms. The number of hydrogen-bond donors (Lipinski definition) is 1. The number of aliphatic hydroxyl groups is 1. The lowest BCUT2D eigenvalue weighted by Crippen LogP contribution is -1.84. The van der Waals surface area contributed by atoms with Crippen LogP contribution in [-0.2, 0) is 15.7 Å². The Morgan fingerprint density at radius 2 is 2.27 bits per heavy atom. The van der Waals surface area contributed by atoms with Gasteiger partial charge in [-0.05, 0) is 17.0 Å². The number of hydrogen-bond acceptors (Lipinski definition) is 4. The fourth-order valence-electron chi connectivity index (χ4n) is 0.564. The van der Waals surface area contributed by atoms with Gasteiger partial charge in [-0.3, -0.25) is 0 Å². The third-order valence-electron chi connectivity index (χ3n) is 1.05. The molecule has 0 aliphatic heterocycles. The van der Waals surface area contributed by atoms with E-state index in [0.29, 0.717) is 5.56 Å². The van der Waals surface area contributed by atoms with E-state index in [0.717, 1.165) is 11.3 Å². The van der Waals surface area contributed by atoms with E-state index in [1.807, 2.05) is 0 Å². The van der Waals surface area contributed by atoms with E-state index in [1.54, 1.807) is 5.38 Å². The SMILES string of the molecule is O=S(=O)(Cl)c1cc(CO)cs1. The molecule has 1 aromatic rings. The van der Waals surface area contributed by atoms with Crippen molar-refractivity contribution in [2.45, 2.75) is 10.8 Å². The molecule has 0 aliphatic carbocycles. The number of rotatable bonds is 2. The Kier molecular flexibility index (Phi) is 2.54. The van der Waals surface area contributed by atoms with E-state index in [-0.39, 0.29) is 10.8 Å². The van der Waals surface area contributed by atoms with Crippen LogP contribution in [0.5, 0.6) is 0 Å². The van der Waals surface area contributed by atoms with E-state index < -0.39 is 9.05 Å². The summed E-state index contributed by atoms with van der Waals surface area (Å²) in [6, 6.07) is 1.35. The van der Waals surface area contributed by atoms with E-state index in [9.17, 15) is 8.42 Å². The molecule has 1 N–H and O–H groups in total. The van der Waals surface area contributed by atoms with Gasteiger partial charge in [0.1, 0.15) is 4.21 Å². The Balaban J connectivity index is 3.09. The predicted octanol–water partition coefficient (Wildman–Crippen LogP) is 1.17. The van der Waals surface area contributed by atoms with Crippen molar-refractivity contribution < 1.29 is 13.5 Å². The van der Waals surface area contributed by atoms with Gasteiger partial charge in [-0.25, -0.2) is 8.42 Å². The van der Waals surface area contributed by atoms with Crippen LogP contribution in [0.3, 0.4) is 0 Å². The highest BCUT2D eigenvalue weighted by Crippen LogP contribution is 2.23. The summed E-state index contributed by atoms with van der Waals surface area (Å²) in [6.45, 7) is -0.164. The molecule has 6 heteroatoms. The maximum Gasteiger partial charge on any atom is 0.270 e. The van der Waals surface area contributed by atoms with Crippen LogP contribution in [0.15, 0.2) is 15.7 Å². The molecule has 62 valence electrons. The first kappa shape index (κ1) is 8.99. The van der Waals surface area contributed by atoms with Gasteiger partial charge in [0.2, 0.25) is 0 Å². The molecule has 0 fully saturated rings. The highest BCUT2D eigenvalue weighted by Gasteiger charge is 2.12. The largest absolute Gasteiger partial charge is 0.392 e. The molecular weight excluding hydrogens is 208 g/mol. The molecule has 0 saturated heterocycles. The van der Waals surface area contributed by atoms with Crippen molar-refractivity contribution >= 4 is 31.1 Å². The van der Waals surface area contributed by atoms with Gasteiger partial charge in [0.15, 0.2) is 0 Å². The maximum atomic E-state index is 10.7. The molecule has 0 radical (unpaired) electrons. The zero-order valence-corrected chi connectivity index (χ0v) is 7.71. The minimum Gasteiger partial charge on any atom is -0.392 e. The molecule has 0 aromatic carbocycles. The van der Waals surface area contributed by atoms with Crippen LogP contribution in [0.1, 0.15) is 5.56 Å². The Morgan fingerprint density at radius 1 is 1.64 bits per heavy atom. The molecule has 0 bridgehead atoms. The van der Waals surface area contributed by atoms with Crippen molar-refractivity contribution in [3.8, 4) is 0 Å². The number of aliphatic hydroxyl groups excluding tert-OH is 1. The first-order valence-corrected chi connectivity index (χ1v) is 5.86. The van der Waals surface area contributed by atoms with Crippen molar-refractivity contribution in [1.82, 2.24) is 0 Å². The third-order valence-corrected chi connectivity index (χ3v) is 4.14. The fraction of sp³-hybridized carbons (Fsp3) is 0.200. The van der Waals surface area contributed by atoms with Gasteiger partial charge >= 0.3 is 0 Å². The normalized spacial score (nSPS) is 11.8. The first-order chi connectivity index (χ1) is 5.04. The summed E-state index contributed by atoms with van der Waals surface area (Å²) in [4.78, 5) is 0. The van der Waals surface area contributed by atoms with E-state index in [1.165, 1.54) is 6.07 Å². The maximum absolute atomic E-state index is 10.7. The topological polar surface area (TPSA) is 54.4 Å². The summed E-state index contributed by atoms with van der Waals surface area (Å²) >= 11 is 1.00. The summed E-state index contributed by atoms with van der Waals surface area (Å²) in [5.41, 5.74) is 0.564. The predicted molar refractivity (Wildman–Crippen MR) is 43.3 cm³/mol. The van der Waals surface area contributed by atoms with Crippen LogP contribution in [0.4, 0.5) is 0 Å². The average molecular weight is 213 g/mol. The first-order valence-electron chi connectivity index (χ1n) is 2.67. The smallest absolute Gasteiger partial charge is 0.270 e. The van der Waals surface area contributed by atoms with Crippen LogP contribution in [-0.4, -0.2) is 13.5 Å². The van der Waals surface area contributed by atoms with Gasteiger partial charge in [0, 0.05) is 10.7 Å². The molecule has 0 spiro atoms. The van der Waals surface area contributed by atoms with Gasteiger partial charge in [-0.1, -0.05) is 0 Å². The lowest BCUT2D eigenvalue weighted by Gasteiger charge is -1.85. The Labute approximate surface area is 72.7 Å². The molecule has 1 heterocycles. The highest BCUT2D eigenvalue weighted by molar-refractivity contribution is 8.15. The summed E-state index contributed by atoms with van der Waals surface area (Å²) < 4.78 is 21.4. The van der Waals surface area contributed by atoms with Gasteiger partial charge in [0.25, 0.3) is 9.05 Å². The minimum absolute atomic E-state index is 0.0724. The van der Waals surface area contributed by atoms with Crippen molar-refractivity contribution in [3.63, 3.8) is 0 Å². The van der Waals surface area contributed by atoms with Crippen LogP contribution in [0, 0.1) is 0 Å². The van der Waals surface area contributed by atoms with Gasteiger partial charge in [-0.2, -0.15) is 0 Å². The van der Waals surface area contributed by atoms with Crippen molar-refractivity contribution in [1.29, 1.82) is 0 Å². The van der Waals surface area contributed by atoms with E-state index >= 15 is 0 Å². The molecule has 0 atom stereocenters. The minimum atomic E-state index is -3.61. The van der Waals surface area contributed by atoms with Crippen LogP contribution in [0.2, 0.25) is 0 Å². The molecule has 0 aliphatic rings. The highest BCUT2D eigenvalue weighted by atomic mass is 35.7. The molecule has 1 rings (SSSR count). The Hall–Kier alpha value is -0.100. The Morgan fingerprint density at radius 3 is 2.55 bits per heavy atom. The lowest BCUT2D eigenvalue weighted by molar-refractivity contribution is 0.282. The second-order valence-electron chi connectivity index (χ2n) is 1.87. The van der Waals surface area contributed by atoms with Crippen LogP contribution < -0.4 is 0 Å². The summed E-state index contributed by atoms with van der Waals surface area (Å²) in [5, 5.41) is 10.1. The molecule has 0 unspecified atom stereocenters. The Bertz CT molecular complexity index is 340. The zero-order chi connectivity index (χ0) is 8.48. The van der Waals surface area contributed by atoms with E-state index in [2.05, 4.69) is 0 Å². The fourth-order valence-corrected chi connectivity index (χ4v) is 2.55. The van der Waals surface area contributed by atoms with Gasteiger partial charge in [0.05, 0.1) is 6.61 Å². The number of halogens is 1. The molecule has 1 aromatic heterocycles. The van der Waals surface area contributed by atoms with Gasteiger partial charge in [-0.15, -0.1) is 11.3 Å². The van der Waals surface area contributed by atoms with Crippen LogP contribution in [0.25, 0.3) is 0 Å². The second-order valence-corrected chi connectivity index (χ2v) is 5.57. The molecule has 0 amide bonds. The summed E-state index contributed by atoms with van der Waals surface area (Å²) in [5.74, 6) is 0.